The average Bonchev–Trinajstić information content (AvgIpc) is 1.35. The standard InChI is InChI=1S/C4H9FSi/c1-4(2,3)6-5/h1-3H3. The molecule has 0 nitrogen and oxygen atoms in total. The maximum Gasteiger partial charge on any atom is 0.300 e. The highest BCUT2D eigenvalue weighted by molar-refractivity contribution is 6.30. The monoisotopic (exact) mass is 104 g/mol. The van der Waals surface area contributed by atoms with Gasteiger partial charge < -0.3 is 4.11 Å². The third-order valence-corrected chi connectivity index (χ3v) is 0.850. The van der Waals surface area contributed by atoms with E-state index in [0.29, 0.717) is 0 Å². The van der Waals surface area contributed by atoms with Crippen LogP contribution in [-0.2, 0) is 0 Å². The Balaban J connectivity index is 3.17. The van der Waals surface area contributed by atoms with Gasteiger partial charge in [0.15, 0.2) is 0 Å². The van der Waals surface area contributed by atoms with Gasteiger partial charge in [-0.25, -0.2) is 0 Å². The van der Waals surface area contributed by atoms with E-state index in [0.717, 1.165) is 0 Å². The van der Waals surface area contributed by atoms with Gasteiger partial charge >= 0.3 is 9.85 Å². The number of hydrogen-bond acceptors (Lipinski definition) is 0. The summed E-state index contributed by atoms with van der Waals surface area (Å²) >= 11 is 0. The Kier molecular flexibility index (Phi) is 1.78. The molecule has 2 radical (unpaired) electrons. The van der Waals surface area contributed by atoms with E-state index in [1.165, 1.54) is 0 Å². The van der Waals surface area contributed by atoms with Gasteiger partial charge in [-0.05, 0) is 5.04 Å². The molecule has 2 heteroatoms. The molecule has 0 amide bonds. The Labute approximate surface area is 40.7 Å². The zero-order valence-corrected chi connectivity index (χ0v) is 5.38. The minimum absolute atomic E-state index is 0.0972. The minimum Gasteiger partial charge on any atom is -0.315 e. The van der Waals surface area contributed by atoms with Gasteiger partial charge in [-0.3, -0.25) is 0 Å². The highest BCUT2D eigenvalue weighted by Crippen LogP contribution is 2.19. The Morgan fingerprint density at radius 3 is 1.50 bits per heavy atom. The lowest BCUT2D eigenvalue weighted by Crippen LogP contribution is -2.00. The smallest absolute Gasteiger partial charge is 0.300 e. The first-order valence-corrected chi connectivity index (χ1v) is 2.82. The van der Waals surface area contributed by atoms with Crippen LogP contribution in [0.1, 0.15) is 20.8 Å². The molecule has 0 unspecified atom stereocenters. The Bertz CT molecular complexity index is 37.3. The van der Waals surface area contributed by atoms with Crippen LogP contribution in [0, 0.1) is 0 Å². The van der Waals surface area contributed by atoms with Crippen LogP contribution >= 0.6 is 0 Å². The summed E-state index contributed by atoms with van der Waals surface area (Å²) in [5, 5.41) is -0.0972. The summed E-state index contributed by atoms with van der Waals surface area (Å²) in [5.41, 5.74) is 0. The minimum atomic E-state index is -0.433. The molecule has 0 spiro atoms. The van der Waals surface area contributed by atoms with E-state index in [1.54, 1.807) is 0 Å². The molecule has 0 heterocycles. The lowest BCUT2D eigenvalue weighted by Gasteiger charge is -2.07. The first kappa shape index (κ1) is 6.15. The second kappa shape index (κ2) is 1.73. The summed E-state index contributed by atoms with van der Waals surface area (Å²) in [4.78, 5) is 0. The van der Waals surface area contributed by atoms with Crippen LogP contribution in [0.2, 0.25) is 5.04 Å². The molecular formula is C4H9FSi. The zero-order chi connectivity index (χ0) is 5.21. The van der Waals surface area contributed by atoms with Crippen LogP contribution in [-0.4, -0.2) is 9.85 Å². The molecule has 0 rings (SSSR count). The second-order valence-corrected chi connectivity index (χ2v) is 4.03. The van der Waals surface area contributed by atoms with Crippen molar-refractivity contribution in [2.75, 3.05) is 0 Å². The number of hydrogen-bond donors (Lipinski definition) is 0. The van der Waals surface area contributed by atoms with Crippen LogP contribution in [0.4, 0.5) is 4.11 Å². The third-order valence-electron chi connectivity index (χ3n) is 0.283. The molecule has 0 atom stereocenters. The van der Waals surface area contributed by atoms with E-state index in [-0.39, 0.29) is 5.04 Å². The van der Waals surface area contributed by atoms with E-state index < -0.39 is 9.85 Å². The fourth-order valence-corrected chi connectivity index (χ4v) is 0. The highest BCUT2D eigenvalue weighted by Gasteiger charge is 2.10. The summed E-state index contributed by atoms with van der Waals surface area (Å²) in [7, 11) is -0.433. The van der Waals surface area contributed by atoms with Crippen LogP contribution in [0.5, 0.6) is 0 Å². The van der Waals surface area contributed by atoms with Crippen LogP contribution < -0.4 is 0 Å². The lowest BCUT2D eigenvalue weighted by molar-refractivity contribution is 0.681. The van der Waals surface area contributed by atoms with E-state index >= 15 is 0 Å². The van der Waals surface area contributed by atoms with Crippen molar-refractivity contribution >= 4 is 9.85 Å². The summed E-state index contributed by atoms with van der Waals surface area (Å²) in [6.07, 6.45) is 0. The van der Waals surface area contributed by atoms with Crippen molar-refractivity contribution in [3.05, 3.63) is 0 Å². The van der Waals surface area contributed by atoms with Crippen molar-refractivity contribution in [3.8, 4) is 0 Å². The maximum atomic E-state index is 11.5. The average molecular weight is 104 g/mol. The highest BCUT2D eigenvalue weighted by atomic mass is 28.3. The Morgan fingerprint density at radius 2 is 1.50 bits per heavy atom. The van der Waals surface area contributed by atoms with Crippen molar-refractivity contribution in [3.63, 3.8) is 0 Å². The van der Waals surface area contributed by atoms with Gasteiger partial charge in [-0.1, -0.05) is 20.8 Å². The van der Waals surface area contributed by atoms with E-state index in [4.69, 9.17) is 0 Å². The SMILES string of the molecule is CC(C)(C)[Si]F. The third kappa shape index (κ3) is 4.15. The fourth-order valence-electron chi connectivity index (χ4n) is 0. The molecule has 36 valence electrons. The topological polar surface area (TPSA) is 0 Å². The van der Waals surface area contributed by atoms with E-state index in [2.05, 4.69) is 0 Å². The van der Waals surface area contributed by atoms with Gasteiger partial charge in [-0.15, -0.1) is 0 Å². The molecular weight excluding hydrogens is 95.1 g/mol. The predicted molar refractivity (Wildman–Crippen MR) is 26.6 cm³/mol. The van der Waals surface area contributed by atoms with Gasteiger partial charge in [0.1, 0.15) is 0 Å². The first-order valence-electron chi connectivity index (χ1n) is 1.94. The Morgan fingerprint density at radius 1 is 1.33 bits per heavy atom. The summed E-state index contributed by atoms with van der Waals surface area (Å²) in [6, 6.07) is 0. The molecule has 0 bridgehead atoms. The predicted octanol–water partition coefficient (Wildman–Crippen LogP) is 1.79. The van der Waals surface area contributed by atoms with Gasteiger partial charge in [0.25, 0.3) is 0 Å². The molecule has 0 N–H and O–H groups in total. The van der Waals surface area contributed by atoms with Crippen molar-refractivity contribution in [1.29, 1.82) is 0 Å². The largest absolute Gasteiger partial charge is 0.315 e. The second-order valence-electron chi connectivity index (χ2n) is 2.34. The van der Waals surface area contributed by atoms with Crippen molar-refractivity contribution in [2.24, 2.45) is 0 Å². The first-order chi connectivity index (χ1) is 2.56. The molecule has 0 aliphatic rings. The zero-order valence-electron chi connectivity index (χ0n) is 4.38. The number of halogens is 1. The molecule has 0 fully saturated rings. The normalized spacial score (nSPS) is 12.0. The van der Waals surface area contributed by atoms with Crippen molar-refractivity contribution in [2.45, 2.75) is 25.8 Å². The van der Waals surface area contributed by atoms with Gasteiger partial charge in [0.2, 0.25) is 0 Å². The van der Waals surface area contributed by atoms with Crippen molar-refractivity contribution < 1.29 is 4.11 Å². The van der Waals surface area contributed by atoms with Crippen molar-refractivity contribution in [1.82, 2.24) is 0 Å². The molecule has 0 aromatic heterocycles. The fraction of sp³-hybridized carbons (Fsp3) is 1.00. The Hall–Kier alpha value is 0.147. The van der Waals surface area contributed by atoms with Gasteiger partial charge in [0, 0.05) is 0 Å². The summed E-state index contributed by atoms with van der Waals surface area (Å²) in [5.74, 6) is 0. The van der Waals surface area contributed by atoms with Crippen LogP contribution in [0.15, 0.2) is 0 Å². The molecule has 0 saturated carbocycles. The molecule has 0 aromatic rings. The molecule has 6 heavy (non-hydrogen) atoms. The van der Waals surface area contributed by atoms with E-state index in [1.807, 2.05) is 20.8 Å². The van der Waals surface area contributed by atoms with Crippen LogP contribution in [0.3, 0.4) is 0 Å². The molecule has 0 aliphatic carbocycles. The van der Waals surface area contributed by atoms with E-state index in [9.17, 15) is 4.11 Å². The van der Waals surface area contributed by atoms with Crippen LogP contribution in [0.25, 0.3) is 0 Å². The lowest BCUT2D eigenvalue weighted by atomic mass is 10.3. The number of rotatable bonds is 0. The maximum absolute atomic E-state index is 11.5. The molecule has 0 aliphatic heterocycles. The molecule has 0 saturated heterocycles. The van der Waals surface area contributed by atoms with Gasteiger partial charge in [0.05, 0.1) is 0 Å². The molecule has 0 aromatic carbocycles. The quantitative estimate of drug-likeness (QED) is 0.325. The summed E-state index contributed by atoms with van der Waals surface area (Å²) < 4.78 is 11.5. The van der Waals surface area contributed by atoms with Gasteiger partial charge in [-0.2, -0.15) is 0 Å². The summed E-state index contributed by atoms with van der Waals surface area (Å²) in [6.45, 7) is 5.64.